The Labute approximate surface area is 156 Å². The summed E-state index contributed by atoms with van der Waals surface area (Å²) in [6.45, 7) is 1.70. The molecule has 1 aromatic carbocycles. The van der Waals surface area contributed by atoms with E-state index in [2.05, 4.69) is 6.92 Å². The Morgan fingerprint density at radius 2 is 1.81 bits per heavy atom. The zero-order valence-electron chi connectivity index (χ0n) is 15.6. The van der Waals surface area contributed by atoms with Crippen molar-refractivity contribution in [1.82, 2.24) is 9.79 Å². The van der Waals surface area contributed by atoms with Crippen LogP contribution in [0.3, 0.4) is 0 Å². The number of unbranched alkanes of at least 4 members (excludes halogenated alkanes) is 5. The number of carbonyl (C=O) groups is 1. The number of sulfonamides is 1. The van der Waals surface area contributed by atoms with Gasteiger partial charge in [-0.3, -0.25) is 10.0 Å². The molecule has 0 spiro atoms. The normalized spacial score (nSPS) is 11.5. The molecule has 0 bridgehead atoms. The first-order valence-corrected chi connectivity index (χ1v) is 10.6. The second-order valence-electron chi connectivity index (χ2n) is 6.20. The fourth-order valence-corrected chi connectivity index (χ4v) is 4.14. The average molecular weight is 387 g/mol. The summed E-state index contributed by atoms with van der Waals surface area (Å²) in [6, 6.07) is 7.06. The zero-order valence-corrected chi connectivity index (χ0v) is 16.4. The number of carbonyl (C=O) groups excluding carboxylic acids is 1. The van der Waals surface area contributed by atoms with E-state index in [0.717, 1.165) is 36.4 Å². The van der Waals surface area contributed by atoms with Crippen molar-refractivity contribution in [2.75, 3.05) is 19.4 Å². The molecule has 0 radical (unpaired) electrons. The van der Waals surface area contributed by atoms with Gasteiger partial charge in [-0.25, -0.2) is 13.9 Å². The molecule has 2 N–H and O–H groups in total. The lowest BCUT2D eigenvalue weighted by molar-refractivity contribution is -0.129. The lowest BCUT2D eigenvalue weighted by Gasteiger charge is -2.22. The molecule has 0 unspecified atom stereocenters. The molecule has 0 heterocycles. The Hall–Kier alpha value is -1.64. The topological polar surface area (TPSA) is 95.9 Å². The molecule has 0 saturated heterocycles. The molecule has 1 aromatic rings. The third-order valence-electron chi connectivity index (χ3n) is 4.13. The molecule has 8 heteroatoms. The first-order valence-electron chi connectivity index (χ1n) is 8.97. The monoisotopic (exact) mass is 386 g/mol. The molecular weight excluding hydrogens is 356 g/mol. The number of nitrogens with zero attached hydrogens (tertiary/aromatic N) is 1. The van der Waals surface area contributed by atoms with Crippen LogP contribution in [-0.2, 0) is 21.4 Å². The van der Waals surface area contributed by atoms with E-state index in [1.807, 2.05) is 0 Å². The number of ether oxygens (including phenoxy) is 1. The maximum absolute atomic E-state index is 12.7. The van der Waals surface area contributed by atoms with E-state index in [9.17, 15) is 13.2 Å². The predicted octanol–water partition coefficient (Wildman–Crippen LogP) is 2.69. The number of rotatable bonds is 13. The number of nitrogens with one attached hydrogen (secondary N) is 1. The zero-order chi connectivity index (χ0) is 19.4. The van der Waals surface area contributed by atoms with Crippen LogP contribution < -0.4 is 10.2 Å². The van der Waals surface area contributed by atoms with Crippen LogP contribution in [0.1, 0.15) is 51.0 Å². The number of para-hydroxylation sites is 1. The molecular formula is C18H30N2O5S. The molecule has 148 valence electrons. The van der Waals surface area contributed by atoms with E-state index in [1.165, 1.54) is 12.6 Å². The number of amides is 1. The largest absolute Gasteiger partial charge is 0.496 e. The van der Waals surface area contributed by atoms with Gasteiger partial charge in [0.2, 0.25) is 10.0 Å². The van der Waals surface area contributed by atoms with Crippen molar-refractivity contribution in [2.24, 2.45) is 0 Å². The molecule has 1 amide bonds. The maximum atomic E-state index is 12.7. The highest BCUT2D eigenvalue weighted by molar-refractivity contribution is 7.89. The van der Waals surface area contributed by atoms with Crippen LogP contribution in [0.2, 0.25) is 0 Å². The van der Waals surface area contributed by atoms with Gasteiger partial charge < -0.3 is 4.74 Å². The van der Waals surface area contributed by atoms with Crippen molar-refractivity contribution < 1.29 is 23.2 Å². The fourth-order valence-electron chi connectivity index (χ4n) is 2.67. The number of methoxy groups -OCH3 is 1. The minimum atomic E-state index is -3.64. The summed E-state index contributed by atoms with van der Waals surface area (Å²) in [5.41, 5.74) is 2.16. The second kappa shape index (κ2) is 11.9. The van der Waals surface area contributed by atoms with E-state index < -0.39 is 22.5 Å². The van der Waals surface area contributed by atoms with Crippen LogP contribution in [0.5, 0.6) is 5.75 Å². The minimum absolute atomic E-state index is 0.00953. The van der Waals surface area contributed by atoms with Crippen molar-refractivity contribution in [3.63, 3.8) is 0 Å². The SMILES string of the molecule is CCCCCCCCS(=O)(=O)N(CC(=O)NO)Cc1ccccc1OC. The summed E-state index contributed by atoms with van der Waals surface area (Å²) in [7, 11) is -2.13. The van der Waals surface area contributed by atoms with Gasteiger partial charge in [-0.05, 0) is 12.5 Å². The van der Waals surface area contributed by atoms with Gasteiger partial charge in [0.05, 0.1) is 19.4 Å². The summed E-state index contributed by atoms with van der Waals surface area (Å²) in [6.07, 6.45) is 5.80. The summed E-state index contributed by atoms with van der Waals surface area (Å²) in [5, 5.41) is 8.77. The number of hydrogen-bond donors (Lipinski definition) is 2. The molecule has 0 atom stereocenters. The molecule has 0 fully saturated rings. The molecule has 1 rings (SSSR count). The molecule has 0 aliphatic carbocycles. The number of hydrogen-bond acceptors (Lipinski definition) is 5. The van der Waals surface area contributed by atoms with Crippen molar-refractivity contribution in [3.8, 4) is 5.75 Å². The molecule has 0 aromatic heterocycles. The average Bonchev–Trinajstić information content (AvgIpc) is 2.64. The van der Waals surface area contributed by atoms with Crippen molar-refractivity contribution in [3.05, 3.63) is 29.8 Å². The first kappa shape index (κ1) is 22.4. The lowest BCUT2D eigenvalue weighted by atomic mass is 10.1. The van der Waals surface area contributed by atoms with E-state index in [-0.39, 0.29) is 12.3 Å². The summed E-state index contributed by atoms with van der Waals surface area (Å²) in [5.74, 6) is -0.240. The predicted molar refractivity (Wildman–Crippen MR) is 100 cm³/mol. The van der Waals surface area contributed by atoms with E-state index >= 15 is 0 Å². The van der Waals surface area contributed by atoms with Crippen LogP contribution in [0.4, 0.5) is 0 Å². The number of hydroxylamine groups is 1. The molecule has 0 aliphatic heterocycles. The summed E-state index contributed by atoms with van der Waals surface area (Å²) < 4.78 is 31.7. The molecule has 7 nitrogen and oxygen atoms in total. The highest BCUT2D eigenvalue weighted by atomic mass is 32.2. The number of benzene rings is 1. The second-order valence-corrected chi connectivity index (χ2v) is 8.29. The summed E-state index contributed by atoms with van der Waals surface area (Å²) in [4.78, 5) is 11.6. The van der Waals surface area contributed by atoms with Crippen LogP contribution >= 0.6 is 0 Å². The third-order valence-corrected chi connectivity index (χ3v) is 5.98. The van der Waals surface area contributed by atoms with Crippen LogP contribution in [0.15, 0.2) is 24.3 Å². The quantitative estimate of drug-likeness (QED) is 0.309. The summed E-state index contributed by atoms with van der Waals surface area (Å²) >= 11 is 0. The van der Waals surface area contributed by atoms with Gasteiger partial charge in [-0.15, -0.1) is 0 Å². The Bertz CT molecular complexity index is 649. The smallest absolute Gasteiger partial charge is 0.258 e. The standard InChI is InChI=1S/C18H30N2O5S/c1-3-4-5-6-7-10-13-26(23,24)20(15-18(21)19-22)14-16-11-8-9-12-17(16)25-2/h8-9,11-12,22H,3-7,10,13-15H2,1-2H3,(H,19,21). The van der Waals surface area contributed by atoms with E-state index in [0.29, 0.717) is 17.7 Å². The van der Waals surface area contributed by atoms with Gasteiger partial charge >= 0.3 is 0 Å². The first-order chi connectivity index (χ1) is 12.4. The van der Waals surface area contributed by atoms with Crippen LogP contribution in [0, 0.1) is 0 Å². The highest BCUT2D eigenvalue weighted by Gasteiger charge is 2.25. The Morgan fingerprint density at radius 3 is 2.46 bits per heavy atom. The third kappa shape index (κ3) is 7.72. The van der Waals surface area contributed by atoms with Gasteiger partial charge in [-0.1, -0.05) is 57.2 Å². The molecule has 0 aliphatic rings. The molecule has 0 saturated carbocycles. The highest BCUT2D eigenvalue weighted by Crippen LogP contribution is 2.21. The van der Waals surface area contributed by atoms with Crippen LogP contribution in [-0.4, -0.2) is 43.2 Å². The van der Waals surface area contributed by atoms with Gasteiger partial charge in [-0.2, -0.15) is 4.31 Å². The van der Waals surface area contributed by atoms with Crippen molar-refractivity contribution >= 4 is 15.9 Å². The Morgan fingerprint density at radius 1 is 1.15 bits per heavy atom. The van der Waals surface area contributed by atoms with Gasteiger partial charge in [0, 0.05) is 12.1 Å². The van der Waals surface area contributed by atoms with Gasteiger partial charge in [0.25, 0.3) is 5.91 Å². The lowest BCUT2D eigenvalue weighted by Crippen LogP contribution is -2.40. The molecule has 26 heavy (non-hydrogen) atoms. The fraction of sp³-hybridized carbons (Fsp3) is 0.611. The maximum Gasteiger partial charge on any atom is 0.258 e. The van der Waals surface area contributed by atoms with Crippen LogP contribution in [0.25, 0.3) is 0 Å². The van der Waals surface area contributed by atoms with Gasteiger partial charge in [0.15, 0.2) is 0 Å². The van der Waals surface area contributed by atoms with E-state index in [4.69, 9.17) is 9.94 Å². The minimum Gasteiger partial charge on any atom is -0.496 e. The van der Waals surface area contributed by atoms with E-state index in [1.54, 1.807) is 24.3 Å². The Balaban J connectivity index is 2.79. The van der Waals surface area contributed by atoms with Crippen molar-refractivity contribution in [2.45, 2.75) is 52.0 Å². The van der Waals surface area contributed by atoms with Crippen molar-refractivity contribution in [1.29, 1.82) is 0 Å². The van der Waals surface area contributed by atoms with Gasteiger partial charge in [0.1, 0.15) is 5.75 Å². The Kier molecular flexibility index (Phi) is 10.2.